The lowest BCUT2D eigenvalue weighted by Gasteiger charge is -2.36. The largest absolute Gasteiger partial charge is 0.497 e. The fraction of sp³-hybridized carbons (Fsp3) is 0.567. The Kier molecular flexibility index (Phi) is 8.76. The zero-order chi connectivity index (χ0) is 32.6. The van der Waals surface area contributed by atoms with E-state index in [1.807, 2.05) is 0 Å². The first-order valence-corrected chi connectivity index (χ1v) is 14.4. The number of methoxy groups -OCH3 is 1. The van der Waals surface area contributed by atoms with Crippen molar-refractivity contribution < 1.29 is 33.8 Å². The number of carbonyl (C=O) groups excluding carboxylic acids is 3. The van der Waals surface area contributed by atoms with Crippen molar-refractivity contribution in [3.8, 4) is 17.1 Å². The predicted octanol–water partition coefficient (Wildman–Crippen LogP) is 2.58. The zero-order valence-corrected chi connectivity index (χ0v) is 26.2. The zero-order valence-electron chi connectivity index (χ0n) is 26.2. The number of amides is 3. The number of carbonyl (C=O) groups is 4. The highest BCUT2D eigenvalue weighted by Crippen LogP contribution is 2.45. The monoisotopic (exact) mass is 611 g/mol. The summed E-state index contributed by atoms with van der Waals surface area (Å²) < 4.78 is 10.7. The van der Waals surface area contributed by atoms with Gasteiger partial charge >= 0.3 is 12.1 Å². The molecule has 1 saturated carbocycles. The van der Waals surface area contributed by atoms with Crippen molar-refractivity contribution in [2.75, 3.05) is 13.7 Å². The van der Waals surface area contributed by atoms with Gasteiger partial charge in [0.1, 0.15) is 29.0 Å². The molecule has 2 aromatic rings. The second-order valence-electron chi connectivity index (χ2n) is 13.3. The number of nitrogens with one attached hydrogen (secondary N) is 2. The van der Waals surface area contributed by atoms with Crippen LogP contribution in [0.25, 0.3) is 11.4 Å². The van der Waals surface area contributed by atoms with E-state index in [-0.39, 0.29) is 19.4 Å². The molecule has 14 nitrogen and oxygen atoms in total. The first kappa shape index (κ1) is 32.4. The number of carboxylic acids is 1. The number of carboxylic acid groups (broad SMARTS) is 1. The number of ether oxygens (including phenoxy) is 2. The summed E-state index contributed by atoms with van der Waals surface area (Å²) in [6, 6.07) is 4.42. The first-order valence-electron chi connectivity index (χ1n) is 14.4. The van der Waals surface area contributed by atoms with E-state index < -0.39 is 64.5 Å². The highest BCUT2D eigenvalue weighted by atomic mass is 16.6. The summed E-state index contributed by atoms with van der Waals surface area (Å²) in [5.41, 5.74) is -2.40. The van der Waals surface area contributed by atoms with E-state index in [1.165, 1.54) is 15.8 Å². The number of hydrogen-bond donors (Lipinski definition) is 3. The molecule has 14 heteroatoms. The van der Waals surface area contributed by atoms with Gasteiger partial charge in [-0.1, -0.05) is 39.0 Å². The van der Waals surface area contributed by atoms with Gasteiger partial charge in [-0.15, -0.1) is 16.8 Å². The summed E-state index contributed by atoms with van der Waals surface area (Å²) in [4.78, 5) is 55.5. The van der Waals surface area contributed by atoms with E-state index in [0.717, 1.165) is 0 Å². The lowest BCUT2D eigenvalue weighted by atomic mass is 9.85. The summed E-state index contributed by atoms with van der Waals surface area (Å²) in [5, 5.41) is 28.1. The van der Waals surface area contributed by atoms with Crippen molar-refractivity contribution in [1.82, 2.24) is 35.7 Å². The van der Waals surface area contributed by atoms with Crippen LogP contribution < -0.4 is 15.4 Å². The number of benzene rings is 1. The standard InChI is InChI=1S/C30H41N7O7/c1-9-18-15-30(18,26(40)41)32-24(38)21-14-19(37-34-23(33-35-37)17-11-10-12-20(13-17)43-8)16-36(21)25(39)22(28(2,3)4)31-27(42)44-29(5,6)7/h9-13,18-19,21-22H,1,14-16H2,2-8H3,(H,31,42)(H,32,38)(H,40,41). The fourth-order valence-corrected chi connectivity index (χ4v) is 5.29. The summed E-state index contributed by atoms with van der Waals surface area (Å²) in [6.07, 6.45) is 0.999. The van der Waals surface area contributed by atoms with Crippen molar-refractivity contribution in [1.29, 1.82) is 0 Å². The quantitative estimate of drug-likeness (QED) is 0.357. The highest BCUT2D eigenvalue weighted by molar-refractivity contribution is 5.96. The van der Waals surface area contributed by atoms with E-state index in [4.69, 9.17) is 9.47 Å². The van der Waals surface area contributed by atoms with Crippen LogP contribution in [0.4, 0.5) is 4.79 Å². The minimum atomic E-state index is -1.49. The molecule has 5 unspecified atom stereocenters. The van der Waals surface area contributed by atoms with Crippen LogP contribution in [0.1, 0.15) is 60.4 Å². The molecule has 44 heavy (non-hydrogen) atoms. The Labute approximate surface area is 256 Å². The maximum atomic E-state index is 14.2. The van der Waals surface area contributed by atoms with E-state index in [9.17, 15) is 24.3 Å². The maximum absolute atomic E-state index is 14.2. The predicted molar refractivity (Wildman–Crippen MR) is 158 cm³/mol. The van der Waals surface area contributed by atoms with Crippen LogP contribution in [0.3, 0.4) is 0 Å². The van der Waals surface area contributed by atoms with Crippen LogP contribution in [-0.2, 0) is 19.1 Å². The van der Waals surface area contributed by atoms with Crippen molar-refractivity contribution in [2.45, 2.75) is 83.6 Å². The summed E-state index contributed by atoms with van der Waals surface area (Å²) in [6.45, 7) is 14.2. The molecule has 2 aliphatic rings. The van der Waals surface area contributed by atoms with Gasteiger partial charge in [0.15, 0.2) is 0 Å². The lowest BCUT2D eigenvalue weighted by Crippen LogP contribution is -2.59. The van der Waals surface area contributed by atoms with Gasteiger partial charge in [-0.25, -0.2) is 9.59 Å². The third kappa shape index (κ3) is 6.84. The number of alkyl carbamates (subject to hydrolysis) is 1. The number of tetrazole rings is 1. The molecule has 0 spiro atoms. The molecule has 2 heterocycles. The first-order chi connectivity index (χ1) is 20.5. The molecule has 3 amide bonds. The Morgan fingerprint density at radius 3 is 2.45 bits per heavy atom. The average Bonchev–Trinajstić information content (AvgIpc) is 3.25. The summed E-state index contributed by atoms with van der Waals surface area (Å²) in [7, 11) is 1.55. The van der Waals surface area contributed by atoms with Gasteiger partial charge in [-0.3, -0.25) is 9.59 Å². The molecule has 1 saturated heterocycles. The molecule has 2 fully saturated rings. The van der Waals surface area contributed by atoms with Gasteiger partial charge in [-0.2, -0.15) is 4.80 Å². The maximum Gasteiger partial charge on any atom is 0.408 e. The second kappa shape index (κ2) is 11.9. The SMILES string of the molecule is C=CC1CC1(NC(=O)C1CC(n2nnc(-c3cccc(OC)c3)n2)CN1C(=O)C(NC(=O)OC(C)(C)C)C(C)(C)C)C(=O)O. The molecule has 1 aliphatic carbocycles. The molecule has 1 aromatic heterocycles. The van der Waals surface area contributed by atoms with E-state index in [2.05, 4.69) is 32.6 Å². The average molecular weight is 612 g/mol. The molecule has 3 N–H and O–H groups in total. The smallest absolute Gasteiger partial charge is 0.408 e. The molecule has 4 rings (SSSR count). The highest BCUT2D eigenvalue weighted by Gasteiger charge is 2.61. The van der Waals surface area contributed by atoms with Crippen molar-refractivity contribution >= 4 is 23.9 Å². The number of nitrogens with zero attached hydrogens (tertiary/aromatic N) is 5. The minimum absolute atomic E-state index is 0.0123. The van der Waals surface area contributed by atoms with Gasteiger partial charge in [0.2, 0.25) is 17.6 Å². The Morgan fingerprint density at radius 1 is 1.18 bits per heavy atom. The topological polar surface area (TPSA) is 178 Å². The normalized spacial score (nSPS) is 23.8. The third-order valence-corrected chi connectivity index (χ3v) is 7.75. The Bertz CT molecular complexity index is 1440. The van der Waals surface area contributed by atoms with Gasteiger partial charge in [0.05, 0.1) is 13.2 Å². The third-order valence-electron chi connectivity index (χ3n) is 7.75. The van der Waals surface area contributed by atoms with E-state index >= 15 is 0 Å². The fourth-order valence-electron chi connectivity index (χ4n) is 5.29. The molecule has 1 aliphatic heterocycles. The molecule has 0 bridgehead atoms. The van der Waals surface area contributed by atoms with E-state index in [1.54, 1.807) is 72.9 Å². The van der Waals surface area contributed by atoms with Crippen LogP contribution in [-0.4, -0.2) is 91.0 Å². The second-order valence-corrected chi connectivity index (χ2v) is 13.3. The number of aliphatic carboxylic acids is 1. The molecule has 1 aromatic carbocycles. The van der Waals surface area contributed by atoms with Gasteiger partial charge < -0.3 is 30.1 Å². The van der Waals surface area contributed by atoms with Crippen molar-refractivity contribution in [3.05, 3.63) is 36.9 Å². The van der Waals surface area contributed by atoms with Crippen LogP contribution in [0, 0.1) is 11.3 Å². The Morgan fingerprint density at radius 2 is 1.89 bits per heavy atom. The molecule has 5 atom stereocenters. The van der Waals surface area contributed by atoms with Gasteiger partial charge in [0, 0.05) is 24.4 Å². The van der Waals surface area contributed by atoms with E-state index in [0.29, 0.717) is 17.1 Å². The molecular formula is C30H41N7O7. The summed E-state index contributed by atoms with van der Waals surface area (Å²) >= 11 is 0. The molecule has 238 valence electrons. The van der Waals surface area contributed by atoms with Crippen LogP contribution in [0.15, 0.2) is 36.9 Å². The summed E-state index contributed by atoms with van der Waals surface area (Å²) in [5.74, 6) is -1.84. The Balaban J connectivity index is 1.65. The van der Waals surface area contributed by atoms with Crippen molar-refractivity contribution in [3.63, 3.8) is 0 Å². The number of likely N-dealkylation sites (tertiary alicyclic amines) is 1. The van der Waals surface area contributed by atoms with Gasteiger partial charge in [-0.05, 0) is 50.0 Å². The van der Waals surface area contributed by atoms with Crippen LogP contribution in [0.5, 0.6) is 5.75 Å². The van der Waals surface area contributed by atoms with Gasteiger partial charge in [0.25, 0.3) is 0 Å². The molecular weight excluding hydrogens is 570 g/mol. The Hall–Kier alpha value is -4.49. The molecule has 0 radical (unpaired) electrons. The minimum Gasteiger partial charge on any atom is -0.497 e. The lowest BCUT2D eigenvalue weighted by molar-refractivity contribution is -0.146. The van der Waals surface area contributed by atoms with Crippen LogP contribution in [0.2, 0.25) is 0 Å². The number of hydrogen-bond acceptors (Lipinski definition) is 9. The number of aromatic nitrogens is 4. The van der Waals surface area contributed by atoms with Crippen LogP contribution >= 0.6 is 0 Å². The number of rotatable bonds is 9. The van der Waals surface area contributed by atoms with Crippen molar-refractivity contribution in [2.24, 2.45) is 11.3 Å².